The summed E-state index contributed by atoms with van der Waals surface area (Å²) >= 11 is 0. The molecule has 6 atom stereocenters. The van der Waals surface area contributed by atoms with Gasteiger partial charge in [0.1, 0.15) is 42.7 Å². The number of carbonyl (C=O) groups excluding carboxylic acids is 1. The molecule has 0 aromatic carbocycles. The van der Waals surface area contributed by atoms with Crippen LogP contribution in [0.2, 0.25) is 0 Å². The summed E-state index contributed by atoms with van der Waals surface area (Å²) in [5.41, 5.74) is 0. The summed E-state index contributed by atoms with van der Waals surface area (Å²) in [5, 5.41) is 49.8. The number of unbranched alkanes of at least 4 members (excludes halogenated alkanes) is 14. The van der Waals surface area contributed by atoms with Crippen LogP contribution in [0.4, 0.5) is 0 Å². The number of phosphoric ester groups is 1. The van der Waals surface area contributed by atoms with Crippen LogP contribution in [-0.2, 0) is 27.9 Å². The largest absolute Gasteiger partial charge is 0.472 e. The molecule has 0 radical (unpaired) electrons. The first-order chi connectivity index (χ1) is 23.5. The van der Waals surface area contributed by atoms with Gasteiger partial charge in [0.2, 0.25) is 0 Å². The summed E-state index contributed by atoms with van der Waals surface area (Å²) in [4.78, 5) is 22.9. The predicted octanol–water partition coefficient (Wildman–Crippen LogP) is 5.80. The highest BCUT2D eigenvalue weighted by Crippen LogP contribution is 2.47. The second-order valence-electron chi connectivity index (χ2n) is 13.1. The molecule has 6 unspecified atom stereocenters. The van der Waals surface area contributed by atoms with E-state index in [1.807, 2.05) is 0 Å². The molecule has 0 aromatic rings. The summed E-state index contributed by atoms with van der Waals surface area (Å²) in [5.74, 6) is -0.494. The van der Waals surface area contributed by atoms with Crippen molar-refractivity contribution in [2.45, 2.75) is 179 Å². The fourth-order valence-electron chi connectivity index (χ4n) is 5.51. The van der Waals surface area contributed by atoms with Gasteiger partial charge >= 0.3 is 13.8 Å². The molecular formula is C36H67O12P. The minimum Gasteiger partial charge on any atom is -0.457 e. The van der Waals surface area contributed by atoms with Crippen LogP contribution in [0.5, 0.6) is 0 Å². The summed E-state index contributed by atoms with van der Waals surface area (Å²) in [6, 6.07) is 0. The Morgan fingerprint density at radius 3 is 1.80 bits per heavy atom. The highest BCUT2D eigenvalue weighted by molar-refractivity contribution is 7.47. The number of ether oxygens (including phenoxy) is 2. The van der Waals surface area contributed by atoms with Crippen LogP contribution in [0.1, 0.15) is 136 Å². The number of esters is 1. The number of carbonyl (C=O) groups is 1. The number of hydrogen-bond acceptors (Lipinski definition) is 11. The van der Waals surface area contributed by atoms with Crippen LogP contribution in [0.25, 0.3) is 0 Å². The van der Waals surface area contributed by atoms with Crippen molar-refractivity contribution in [1.29, 1.82) is 0 Å². The van der Waals surface area contributed by atoms with Crippen molar-refractivity contribution in [2.24, 2.45) is 0 Å². The molecule has 1 aliphatic carbocycles. The van der Waals surface area contributed by atoms with Gasteiger partial charge in [-0.3, -0.25) is 13.8 Å². The third-order valence-electron chi connectivity index (χ3n) is 8.56. The lowest BCUT2D eigenvalue weighted by molar-refractivity contribution is -0.220. The third kappa shape index (κ3) is 21.7. The zero-order chi connectivity index (χ0) is 36.3. The van der Waals surface area contributed by atoms with E-state index in [1.165, 1.54) is 38.5 Å². The molecule has 6 N–H and O–H groups in total. The van der Waals surface area contributed by atoms with Gasteiger partial charge in [0, 0.05) is 13.0 Å². The van der Waals surface area contributed by atoms with Gasteiger partial charge in [-0.25, -0.2) is 4.57 Å². The van der Waals surface area contributed by atoms with Crippen molar-refractivity contribution in [1.82, 2.24) is 0 Å². The molecule has 0 aliphatic heterocycles. The summed E-state index contributed by atoms with van der Waals surface area (Å²) in [6.07, 6.45) is 15.6. The maximum Gasteiger partial charge on any atom is 0.472 e. The number of aliphatic hydroxyl groups is 5. The second-order valence-corrected chi connectivity index (χ2v) is 14.5. The SMILES string of the molecule is CCC/C=C\C/C=C\CCCCCCCC(=O)OC(COCCCCCCCCCCC)COP(=O)(O)OC1C(O)C(O)C(O)C(O)C1O. The van der Waals surface area contributed by atoms with Crippen molar-refractivity contribution < 1.29 is 58.3 Å². The first-order valence-electron chi connectivity index (χ1n) is 18.7. The average Bonchev–Trinajstić information content (AvgIpc) is 3.08. The first kappa shape index (κ1) is 45.8. The summed E-state index contributed by atoms with van der Waals surface area (Å²) in [6.45, 7) is 4.12. The zero-order valence-electron chi connectivity index (χ0n) is 30.0. The van der Waals surface area contributed by atoms with Crippen molar-refractivity contribution >= 4 is 13.8 Å². The minimum atomic E-state index is -5.00. The standard InChI is InChI=1S/C36H67O12P/c1-3-5-7-9-11-13-14-15-16-17-19-21-23-25-30(37)47-29(27-45-26-24-22-20-18-12-10-8-6-4-2)28-46-49(43,44)48-36-34(41)32(39)31(38)33(40)35(36)42/h7,9,13-14,29,31-36,38-42H,3-6,8,10-12,15-28H2,1-2H3,(H,43,44)/b9-7-,14-13-. The predicted molar refractivity (Wildman–Crippen MR) is 189 cm³/mol. The number of aliphatic hydroxyl groups excluding tert-OH is 5. The maximum absolute atomic E-state index is 12.7. The molecule has 1 rings (SSSR count). The van der Waals surface area contributed by atoms with E-state index in [1.54, 1.807) is 0 Å². The molecule has 0 aromatic heterocycles. The van der Waals surface area contributed by atoms with Gasteiger partial charge in [0.05, 0.1) is 13.2 Å². The molecular weight excluding hydrogens is 655 g/mol. The molecule has 0 spiro atoms. The Morgan fingerprint density at radius 1 is 0.653 bits per heavy atom. The first-order valence-corrected chi connectivity index (χ1v) is 20.2. The highest BCUT2D eigenvalue weighted by Gasteiger charge is 2.51. The molecule has 13 heteroatoms. The monoisotopic (exact) mass is 722 g/mol. The van der Waals surface area contributed by atoms with E-state index in [-0.39, 0.29) is 13.0 Å². The maximum atomic E-state index is 12.7. The van der Waals surface area contributed by atoms with Gasteiger partial charge in [-0.2, -0.15) is 0 Å². The Bertz CT molecular complexity index is 916. The van der Waals surface area contributed by atoms with Crippen LogP contribution in [0.15, 0.2) is 24.3 Å². The highest BCUT2D eigenvalue weighted by atomic mass is 31.2. The Labute approximate surface area is 294 Å². The van der Waals surface area contributed by atoms with E-state index in [0.717, 1.165) is 70.6 Å². The number of hydrogen-bond donors (Lipinski definition) is 6. The van der Waals surface area contributed by atoms with Crippen molar-refractivity contribution in [3.8, 4) is 0 Å². The zero-order valence-corrected chi connectivity index (χ0v) is 30.9. The van der Waals surface area contributed by atoms with E-state index < -0.39 is 63.1 Å². The van der Waals surface area contributed by atoms with Crippen LogP contribution in [-0.4, -0.2) is 98.9 Å². The lowest BCUT2D eigenvalue weighted by Gasteiger charge is -2.41. The average molecular weight is 723 g/mol. The minimum absolute atomic E-state index is 0.0804. The lowest BCUT2D eigenvalue weighted by atomic mass is 9.85. The Hall–Kier alpha value is -1.18. The van der Waals surface area contributed by atoms with Crippen LogP contribution in [0, 0.1) is 0 Å². The van der Waals surface area contributed by atoms with Crippen molar-refractivity contribution in [2.75, 3.05) is 19.8 Å². The molecule has 0 saturated heterocycles. The normalized spacial score (nSPS) is 24.8. The molecule has 49 heavy (non-hydrogen) atoms. The van der Waals surface area contributed by atoms with Gasteiger partial charge in [-0.05, 0) is 38.5 Å². The molecule has 288 valence electrons. The lowest BCUT2D eigenvalue weighted by Crippen LogP contribution is -2.64. The Morgan fingerprint density at radius 2 is 1.18 bits per heavy atom. The molecule has 0 amide bonds. The summed E-state index contributed by atoms with van der Waals surface area (Å²) in [7, 11) is -5.00. The molecule has 1 fully saturated rings. The van der Waals surface area contributed by atoms with Crippen molar-refractivity contribution in [3.63, 3.8) is 0 Å². The fourth-order valence-corrected chi connectivity index (χ4v) is 6.48. The number of rotatable bonds is 30. The van der Waals surface area contributed by atoms with Crippen LogP contribution in [0.3, 0.4) is 0 Å². The van der Waals surface area contributed by atoms with Crippen molar-refractivity contribution in [3.05, 3.63) is 24.3 Å². The topological polar surface area (TPSA) is 192 Å². The van der Waals surface area contributed by atoms with E-state index in [0.29, 0.717) is 13.0 Å². The quantitative estimate of drug-likeness (QED) is 0.0226. The number of allylic oxidation sites excluding steroid dienone is 4. The van der Waals surface area contributed by atoms with E-state index in [2.05, 4.69) is 38.2 Å². The molecule has 12 nitrogen and oxygen atoms in total. The molecule has 1 aliphatic rings. The van der Waals surface area contributed by atoms with Gasteiger partial charge in [0.15, 0.2) is 0 Å². The summed E-state index contributed by atoms with van der Waals surface area (Å²) < 4.78 is 33.9. The van der Waals surface area contributed by atoms with Gasteiger partial charge in [-0.1, -0.05) is 115 Å². The van der Waals surface area contributed by atoms with E-state index >= 15 is 0 Å². The molecule has 0 heterocycles. The van der Waals surface area contributed by atoms with E-state index in [4.69, 9.17) is 18.5 Å². The van der Waals surface area contributed by atoms with Crippen LogP contribution >= 0.6 is 7.82 Å². The third-order valence-corrected chi connectivity index (χ3v) is 9.54. The van der Waals surface area contributed by atoms with Gasteiger partial charge in [-0.15, -0.1) is 0 Å². The Balaban J connectivity index is 2.50. The van der Waals surface area contributed by atoms with Crippen LogP contribution < -0.4 is 0 Å². The Kier molecular flexibility index (Phi) is 26.6. The smallest absolute Gasteiger partial charge is 0.457 e. The molecule has 0 bridgehead atoms. The van der Waals surface area contributed by atoms with E-state index in [9.17, 15) is 39.8 Å². The fraction of sp³-hybridized carbons (Fsp3) is 0.861. The second kappa shape index (κ2) is 28.4. The van der Waals surface area contributed by atoms with Gasteiger partial charge < -0.3 is 39.9 Å². The van der Waals surface area contributed by atoms with Gasteiger partial charge in [0.25, 0.3) is 0 Å². The molecule has 1 saturated carbocycles. The number of phosphoric acid groups is 1.